The van der Waals surface area contributed by atoms with Crippen molar-refractivity contribution in [3.8, 4) is 0 Å². The van der Waals surface area contributed by atoms with Gasteiger partial charge in [0.15, 0.2) is 0 Å². The zero-order valence-electron chi connectivity index (χ0n) is 13.6. The standard InChI is InChI=1S/C19H16Cl2N2O2/c1-12(24)23-10-9-14-11-15(6-7-17(14)23)22-18(25)8-5-13-3-2-4-16(20)19(13)21/h2-8,11H,9-10H2,1H3,(H,22,25)/b8-5+. The van der Waals surface area contributed by atoms with Gasteiger partial charge in [0.2, 0.25) is 11.8 Å². The Kier molecular flexibility index (Phi) is 5.11. The number of halogens is 2. The Hall–Kier alpha value is -2.30. The smallest absolute Gasteiger partial charge is 0.248 e. The van der Waals surface area contributed by atoms with E-state index in [1.165, 1.54) is 6.08 Å². The molecule has 2 aromatic rings. The molecule has 4 nitrogen and oxygen atoms in total. The van der Waals surface area contributed by atoms with Gasteiger partial charge in [-0.05, 0) is 47.9 Å². The fourth-order valence-electron chi connectivity index (χ4n) is 2.81. The number of fused-ring (bicyclic) bond motifs is 1. The summed E-state index contributed by atoms with van der Waals surface area (Å²) in [5.41, 5.74) is 3.33. The van der Waals surface area contributed by atoms with Crippen molar-refractivity contribution in [3.05, 3.63) is 63.6 Å². The first-order valence-corrected chi connectivity index (χ1v) is 8.55. The highest BCUT2D eigenvalue weighted by molar-refractivity contribution is 6.42. The van der Waals surface area contributed by atoms with Gasteiger partial charge in [-0.1, -0.05) is 35.3 Å². The molecule has 1 aliphatic rings. The fourth-order valence-corrected chi connectivity index (χ4v) is 3.18. The number of carbonyl (C=O) groups excluding carboxylic acids is 2. The molecule has 0 fully saturated rings. The first-order chi connectivity index (χ1) is 12.0. The molecule has 128 valence electrons. The van der Waals surface area contributed by atoms with E-state index in [4.69, 9.17) is 23.2 Å². The van der Waals surface area contributed by atoms with E-state index in [0.717, 1.165) is 17.7 Å². The lowest BCUT2D eigenvalue weighted by molar-refractivity contribution is -0.116. The van der Waals surface area contributed by atoms with Crippen molar-refractivity contribution < 1.29 is 9.59 Å². The highest BCUT2D eigenvalue weighted by atomic mass is 35.5. The van der Waals surface area contributed by atoms with Crippen molar-refractivity contribution in [3.63, 3.8) is 0 Å². The summed E-state index contributed by atoms with van der Waals surface area (Å²) in [5.74, 6) is -0.241. The number of nitrogens with zero attached hydrogens (tertiary/aromatic N) is 1. The molecule has 0 saturated heterocycles. The molecule has 2 aromatic carbocycles. The average molecular weight is 375 g/mol. The van der Waals surface area contributed by atoms with Crippen molar-refractivity contribution in [1.29, 1.82) is 0 Å². The van der Waals surface area contributed by atoms with Crippen LogP contribution in [0.1, 0.15) is 18.1 Å². The van der Waals surface area contributed by atoms with Gasteiger partial charge in [0.05, 0.1) is 10.0 Å². The van der Waals surface area contributed by atoms with Crippen LogP contribution in [-0.2, 0) is 16.0 Å². The molecule has 0 unspecified atom stereocenters. The quantitative estimate of drug-likeness (QED) is 0.800. The van der Waals surface area contributed by atoms with Gasteiger partial charge in [-0.15, -0.1) is 0 Å². The van der Waals surface area contributed by atoms with Gasteiger partial charge in [0.1, 0.15) is 0 Å². The number of benzene rings is 2. The summed E-state index contributed by atoms with van der Waals surface area (Å²) in [5, 5.41) is 3.67. The van der Waals surface area contributed by atoms with Crippen LogP contribution in [0, 0.1) is 0 Å². The number of anilines is 2. The van der Waals surface area contributed by atoms with E-state index in [0.29, 0.717) is 27.8 Å². The average Bonchev–Trinajstić information content (AvgIpc) is 2.99. The minimum atomic E-state index is -0.266. The number of hydrogen-bond donors (Lipinski definition) is 1. The number of carbonyl (C=O) groups is 2. The number of hydrogen-bond acceptors (Lipinski definition) is 2. The van der Waals surface area contributed by atoms with Crippen molar-refractivity contribution in [2.75, 3.05) is 16.8 Å². The molecule has 6 heteroatoms. The summed E-state index contributed by atoms with van der Waals surface area (Å²) in [4.78, 5) is 25.4. The van der Waals surface area contributed by atoms with Gasteiger partial charge in [0, 0.05) is 30.9 Å². The summed E-state index contributed by atoms with van der Waals surface area (Å²) in [6.07, 6.45) is 3.81. The number of rotatable bonds is 3. The highest BCUT2D eigenvalue weighted by Gasteiger charge is 2.22. The topological polar surface area (TPSA) is 49.4 Å². The maximum Gasteiger partial charge on any atom is 0.248 e. The minimum Gasteiger partial charge on any atom is -0.323 e. The van der Waals surface area contributed by atoms with Crippen LogP contribution in [0.5, 0.6) is 0 Å². The SMILES string of the molecule is CC(=O)N1CCc2cc(NC(=O)/C=C/c3cccc(Cl)c3Cl)ccc21. The Morgan fingerprint density at radius 3 is 2.76 bits per heavy atom. The summed E-state index contributed by atoms with van der Waals surface area (Å²) in [7, 11) is 0. The molecule has 1 heterocycles. The minimum absolute atomic E-state index is 0.0249. The molecule has 1 aliphatic heterocycles. The number of amides is 2. The van der Waals surface area contributed by atoms with Crippen LogP contribution < -0.4 is 10.2 Å². The van der Waals surface area contributed by atoms with E-state index in [1.54, 1.807) is 42.2 Å². The first kappa shape index (κ1) is 17.5. The second-order valence-corrected chi connectivity index (χ2v) is 6.51. The molecule has 2 amide bonds. The molecule has 0 bridgehead atoms. The molecular weight excluding hydrogens is 359 g/mol. The van der Waals surface area contributed by atoms with Gasteiger partial charge in [-0.2, -0.15) is 0 Å². The summed E-state index contributed by atoms with van der Waals surface area (Å²) >= 11 is 12.0. The maximum atomic E-state index is 12.1. The van der Waals surface area contributed by atoms with E-state index in [-0.39, 0.29) is 11.8 Å². The third kappa shape index (κ3) is 3.86. The van der Waals surface area contributed by atoms with Crippen molar-refractivity contribution in [1.82, 2.24) is 0 Å². The number of nitrogens with one attached hydrogen (secondary N) is 1. The second kappa shape index (κ2) is 7.30. The van der Waals surface area contributed by atoms with Gasteiger partial charge in [0.25, 0.3) is 0 Å². The van der Waals surface area contributed by atoms with Crippen molar-refractivity contribution in [2.45, 2.75) is 13.3 Å². The predicted octanol–water partition coefficient (Wildman–Crippen LogP) is 4.55. The van der Waals surface area contributed by atoms with Gasteiger partial charge in [-0.3, -0.25) is 9.59 Å². The Morgan fingerprint density at radius 1 is 1.20 bits per heavy atom. The molecule has 0 aliphatic carbocycles. The van der Waals surface area contributed by atoms with Crippen LogP contribution in [0.2, 0.25) is 10.0 Å². The fraction of sp³-hybridized carbons (Fsp3) is 0.158. The first-order valence-electron chi connectivity index (χ1n) is 7.80. The molecule has 0 saturated carbocycles. The molecule has 0 spiro atoms. The van der Waals surface area contributed by atoms with Crippen molar-refractivity contribution in [2.24, 2.45) is 0 Å². The van der Waals surface area contributed by atoms with Gasteiger partial charge < -0.3 is 10.2 Å². The third-order valence-electron chi connectivity index (χ3n) is 4.02. The Bertz CT molecular complexity index is 878. The van der Waals surface area contributed by atoms with E-state index >= 15 is 0 Å². The van der Waals surface area contributed by atoms with Crippen LogP contribution in [-0.4, -0.2) is 18.4 Å². The normalized spacial score (nSPS) is 13.2. The van der Waals surface area contributed by atoms with E-state index < -0.39 is 0 Å². The summed E-state index contributed by atoms with van der Waals surface area (Å²) < 4.78 is 0. The maximum absolute atomic E-state index is 12.1. The van der Waals surface area contributed by atoms with E-state index in [9.17, 15) is 9.59 Å². The van der Waals surface area contributed by atoms with Crippen LogP contribution in [0.15, 0.2) is 42.5 Å². The van der Waals surface area contributed by atoms with Crippen LogP contribution >= 0.6 is 23.2 Å². The second-order valence-electron chi connectivity index (χ2n) is 5.73. The monoisotopic (exact) mass is 374 g/mol. The van der Waals surface area contributed by atoms with Crippen molar-refractivity contribution >= 4 is 52.5 Å². The van der Waals surface area contributed by atoms with Crippen LogP contribution in [0.25, 0.3) is 6.08 Å². The zero-order valence-corrected chi connectivity index (χ0v) is 15.1. The highest BCUT2D eigenvalue weighted by Crippen LogP contribution is 2.30. The van der Waals surface area contributed by atoms with Crippen LogP contribution in [0.4, 0.5) is 11.4 Å². The predicted molar refractivity (Wildman–Crippen MR) is 102 cm³/mol. The molecule has 0 atom stereocenters. The lowest BCUT2D eigenvalue weighted by Crippen LogP contribution is -2.25. The Labute approximate surface area is 156 Å². The molecule has 25 heavy (non-hydrogen) atoms. The molecular formula is C19H16Cl2N2O2. The lowest BCUT2D eigenvalue weighted by atomic mass is 10.1. The van der Waals surface area contributed by atoms with Gasteiger partial charge >= 0.3 is 0 Å². The third-order valence-corrected chi connectivity index (χ3v) is 4.85. The summed E-state index contributed by atoms with van der Waals surface area (Å²) in [6.45, 7) is 2.23. The molecule has 0 aromatic heterocycles. The molecule has 1 N–H and O–H groups in total. The lowest BCUT2D eigenvalue weighted by Gasteiger charge is -2.14. The van der Waals surface area contributed by atoms with E-state index in [1.807, 2.05) is 12.1 Å². The van der Waals surface area contributed by atoms with Gasteiger partial charge in [-0.25, -0.2) is 0 Å². The molecule has 0 radical (unpaired) electrons. The zero-order chi connectivity index (χ0) is 18.0. The molecule has 3 rings (SSSR count). The van der Waals surface area contributed by atoms with Crippen LogP contribution in [0.3, 0.4) is 0 Å². The Balaban J connectivity index is 1.71. The largest absolute Gasteiger partial charge is 0.323 e. The van der Waals surface area contributed by atoms with E-state index in [2.05, 4.69) is 5.32 Å². The Morgan fingerprint density at radius 2 is 2.00 bits per heavy atom. The summed E-state index contributed by atoms with van der Waals surface area (Å²) in [6, 6.07) is 10.8.